The molecule has 0 saturated carbocycles. The average Bonchev–Trinajstić information content (AvgIpc) is 1.60. The molecular weight excluding hydrogens is 1420 g/mol. The summed E-state index contributed by atoms with van der Waals surface area (Å²) in [6, 6.07) is 19.0. The number of fused-ring (bicyclic) bond motifs is 3. The smallest absolute Gasteiger partial charge is 0.490 e. The van der Waals surface area contributed by atoms with Crippen LogP contribution in [0, 0.1) is 11.8 Å². The molecule has 3 aliphatic rings. The van der Waals surface area contributed by atoms with E-state index in [0.717, 1.165) is 17.9 Å². The number of likely N-dealkylation sites (N-methyl/N-ethyl adjacent to an activating group) is 1. The van der Waals surface area contributed by atoms with Crippen LogP contribution in [0.2, 0.25) is 0 Å². The van der Waals surface area contributed by atoms with Gasteiger partial charge in [-0.2, -0.15) is 26.6 Å². The standard InChI is InChI=1S/C61H74N15O22P3S/c1-6-74-45-19-11-10-18-43(45)60(2,3)49(74)20-8-7-9-21-50-61(4,5)44-32-42(102(88,89)90)23-24-46(44)75(50)28-14-22-51(77)66-26-27-67-57(79)39-15-12-17-41(31-39)93-37-53(71-73-64)92-30-29-91-36-52(78)65-25-13-16-40-34-76(56-55(40)58(80)70-59(62)69-56)54-33-47(94-38-68-72-63)48(96-54)35-95-100(84,85)98-101(86,87)97-99(81,82)83/h7-12,15,17-21,23-24,31-32,34,47-48,53-54H,6,14,22,25-30,33,35-38H2,1-5H3,(H10-,62,65,66,67,69,70,77,78,79,80,81,82,83,84,85,86,87,88,89,90)/p+1/t47-,48-,53?,54-/m1/s1. The lowest BCUT2D eigenvalue weighted by Crippen LogP contribution is -2.34. The number of aromatic nitrogens is 3. The Bertz CT molecular complexity index is 4610. The minimum atomic E-state index is -5.86. The highest BCUT2D eigenvalue weighted by molar-refractivity contribution is 7.85. The molecule has 0 spiro atoms. The summed E-state index contributed by atoms with van der Waals surface area (Å²) >= 11 is 0. The van der Waals surface area contributed by atoms with Crippen LogP contribution in [-0.2, 0) is 76.3 Å². The van der Waals surface area contributed by atoms with Crippen LogP contribution in [0.5, 0.6) is 5.75 Å². The third-order valence-electron chi connectivity index (χ3n) is 16.0. The molecule has 0 radical (unpaired) electrons. The number of rotatable bonds is 35. The van der Waals surface area contributed by atoms with Gasteiger partial charge in [0.15, 0.2) is 17.6 Å². The number of hydrogen-bond donors (Lipinski definition) is 10. The molecule has 11 N–H and O–H groups in total. The van der Waals surface area contributed by atoms with E-state index in [4.69, 9.17) is 49.3 Å². The topological polar surface area (TPSA) is 528 Å². The van der Waals surface area contributed by atoms with Gasteiger partial charge in [0.05, 0.1) is 53.7 Å². The number of phosphoric acid groups is 3. The van der Waals surface area contributed by atoms with Crippen molar-refractivity contribution in [1.29, 1.82) is 0 Å². The number of phosphoric ester groups is 1. The van der Waals surface area contributed by atoms with E-state index >= 15 is 0 Å². The minimum Gasteiger partial charge on any atom is -0.491 e. The first-order chi connectivity index (χ1) is 48.2. The van der Waals surface area contributed by atoms with Crippen molar-refractivity contribution in [3.63, 3.8) is 0 Å². The minimum absolute atomic E-state index is 0.0576. The Morgan fingerprint density at radius 1 is 0.941 bits per heavy atom. The number of hydrogen-bond acceptors (Lipinski definition) is 22. The fourth-order valence-electron chi connectivity index (χ4n) is 11.5. The number of amides is 3. The Kier molecular flexibility index (Phi) is 26.6. The van der Waals surface area contributed by atoms with Crippen molar-refractivity contribution < 1.29 is 102 Å². The number of nitrogen functional groups attached to an aromatic ring is 1. The third kappa shape index (κ3) is 20.9. The molecule has 8 rings (SSSR count). The number of allylic oxidation sites excluding steroid dienone is 6. The number of carbonyl (C=O) groups is 3. The number of nitrogens with zero attached hydrogens (tertiary/aromatic N) is 10. The zero-order valence-electron chi connectivity index (χ0n) is 55.5. The molecule has 3 unspecified atom stereocenters. The van der Waals surface area contributed by atoms with Crippen molar-refractivity contribution in [2.75, 3.05) is 83.1 Å². The van der Waals surface area contributed by atoms with Gasteiger partial charge in [0.25, 0.3) is 21.6 Å². The summed E-state index contributed by atoms with van der Waals surface area (Å²) in [5.74, 6) is 4.02. The molecule has 3 amide bonds. The van der Waals surface area contributed by atoms with Crippen molar-refractivity contribution in [3.05, 3.63) is 162 Å². The molecule has 2 aromatic heterocycles. The number of nitrogens with two attached hydrogens (primary N) is 1. The lowest BCUT2D eigenvalue weighted by Gasteiger charge is -2.25. The van der Waals surface area contributed by atoms with Crippen LogP contribution in [0.1, 0.15) is 87.2 Å². The van der Waals surface area contributed by atoms with Crippen molar-refractivity contribution >= 4 is 85.4 Å². The monoisotopic (exact) mass is 1490 g/mol. The average molecular weight is 1500 g/mol. The third-order valence-corrected chi connectivity index (χ3v) is 20.6. The van der Waals surface area contributed by atoms with Crippen molar-refractivity contribution in [2.45, 2.75) is 94.3 Å². The second-order valence-corrected chi connectivity index (χ2v) is 29.5. The maximum atomic E-state index is 13.2. The first kappa shape index (κ1) is 78.8. The zero-order valence-corrected chi connectivity index (χ0v) is 59.0. The molecule has 5 heterocycles. The highest BCUT2D eigenvalue weighted by Crippen LogP contribution is 2.66. The summed E-state index contributed by atoms with van der Waals surface area (Å²) in [6.45, 7) is 9.04. The molecule has 3 aliphatic heterocycles. The lowest BCUT2D eigenvalue weighted by atomic mass is 9.81. The van der Waals surface area contributed by atoms with E-state index in [2.05, 4.69) is 121 Å². The van der Waals surface area contributed by atoms with E-state index in [-0.39, 0.29) is 102 Å². The van der Waals surface area contributed by atoms with Gasteiger partial charge in [-0.3, -0.25) is 33.2 Å². The number of nitrogens with one attached hydrogen (secondary N) is 4. The molecular formula is C61H75N15O22P3S+. The number of azide groups is 2. The van der Waals surface area contributed by atoms with Gasteiger partial charge in [0.1, 0.15) is 44.6 Å². The summed E-state index contributed by atoms with van der Waals surface area (Å²) in [5, 5.41) is 14.9. The molecule has 3 aromatic carbocycles. The van der Waals surface area contributed by atoms with Gasteiger partial charge in [0.2, 0.25) is 23.5 Å². The highest BCUT2D eigenvalue weighted by Gasteiger charge is 2.46. The lowest BCUT2D eigenvalue weighted by molar-refractivity contribution is -0.438. The summed E-state index contributed by atoms with van der Waals surface area (Å²) in [6.07, 6.45) is 6.89. The van der Waals surface area contributed by atoms with Crippen molar-refractivity contribution in [1.82, 2.24) is 30.5 Å². The Morgan fingerprint density at radius 2 is 1.71 bits per heavy atom. The van der Waals surface area contributed by atoms with E-state index in [1.54, 1.807) is 24.3 Å². The van der Waals surface area contributed by atoms with Crippen molar-refractivity contribution in [2.24, 2.45) is 10.2 Å². The Hall–Kier alpha value is -8.88. The number of H-pyrrole nitrogens is 1. The van der Waals surface area contributed by atoms with Gasteiger partial charge in [0, 0.05) is 95.0 Å². The number of aromatic amines is 1. The van der Waals surface area contributed by atoms with Crippen LogP contribution in [0.15, 0.2) is 129 Å². The fourth-order valence-corrected chi connectivity index (χ4v) is 15.0. The molecule has 102 heavy (non-hydrogen) atoms. The van der Waals surface area contributed by atoms with Crippen LogP contribution in [0.4, 0.5) is 17.3 Å². The molecule has 41 heteroatoms. The van der Waals surface area contributed by atoms with E-state index in [0.29, 0.717) is 18.5 Å². The predicted octanol–water partition coefficient (Wildman–Crippen LogP) is 6.57. The van der Waals surface area contributed by atoms with Crippen LogP contribution in [0.3, 0.4) is 0 Å². The molecule has 6 atom stereocenters. The van der Waals surface area contributed by atoms with E-state index in [9.17, 15) is 61.2 Å². The van der Waals surface area contributed by atoms with Crippen LogP contribution >= 0.6 is 23.5 Å². The Labute approximate surface area is 583 Å². The maximum Gasteiger partial charge on any atom is 0.490 e. The van der Waals surface area contributed by atoms with Gasteiger partial charge >= 0.3 is 23.5 Å². The molecule has 37 nitrogen and oxygen atoms in total. The summed E-state index contributed by atoms with van der Waals surface area (Å²) in [4.78, 5) is 103. The largest absolute Gasteiger partial charge is 0.491 e. The maximum absolute atomic E-state index is 13.2. The fraction of sp³-hybridized carbons (Fsp3) is 0.410. The molecule has 546 valence electrons. The first-order valence-corrected chi connectivity index (χ1v) is 37.1. The predicted molar refractivity (Wildman–Crippen MR) is 366 cm³/mol. The molecule has 5 aromatic rings. The van der Waals surface area contributed by atoms with Crippen LogP contribution in [-0.4, -0.2) is 166 Å². The van der Waals surface area contributed by atoms with E-state index in [1.807, 2.05) is 44.2 Å². The Balaban J connectivity index is 0.761. The Morgan fingerprint density at radius 3 is 2.44 bits per heavy atom. The highest BCUT2D eigenvalue weighted by atomic mass is 32.2. The number of anilines is 2. The van der Waals surface area contributed by atoms with Gasteiger partial charge in [-0.05, 0) is 79.9 Å². The first-order valence-electron chi connectivity index (χ1n) is 31.2. The number of ether oxygens (including phenoxy) is 5. The second-order valence-electron chi connectivity index (χ2n) is 23.6. The van der Waals surface area contributed by atoms with Crippen molar-refractivity contribution in [3.8, 4) is 17.6 Å². The molecule has 1 saturated heterocycles. The number of benzene rings is 3. The molecule has 0 aliphatic carbocycles. The van der Waals surface area contributed by atoms with Gasteiger partial charge in [-0.15, -0.1) is 0 Å². The van der Waals surface area contributed by atoms with Crippen LogP contribution < -0.4 is 36.9 Å². The summed E-state index contributed by atoms with van der Waals surface area (Å²) < 4.78 is 114. The quantitative estimate of drug-likeness (QED) is 0.00236. The number of para-hydroxylation sites is 1. The zero-order chi connectivity index (χ0) is 74.2. The SMILES string of the molecule is CCN1C(=CC=CC=CC2=[N+](CCCC(=O)NCCNC(=O)c3cccc(OCC(N=[N+]=[N-])OCCOCC(=O)NCC#Cc4cn([C@H]5C[C@@H](OCN=[N+]=[N-])[C@@H](COP(=O)(O)OP(=O)(O)OP(=O)(O)O)O5)c5nc(N)[nH]c(=O)c45)c3)c3ccc(S(=O)(=O)O)cc3C2(C)C)C(C)(C)c2ccccc21. The molecule has 0 bridgehead atoms. The summed E-state index contributed by atoms with van der Waals surface area (Å²) in [5.41, 5.74) is 28.3. The molecule has 1 fully saturated rings. The van der Waals surface area contributed by atoms with Crippen LogP contribution in [0.25, 0.3) is 31.9 Å². The second kappa shape index (κ2) is 34.4. The van der Waals surface area contributed by atoms with Gasteiger partial charge < -0.3 is 74.4 Å². The van der Waals surface area contributed by atoms with E-state index in [1.165, 1.54) is 45.9 Å². The number of carbonyl (C=O) groups excluding carboxylic acids is 3. The normalized spacial score (nSPS) is 18.7. The summed E-state index contributed by atoms with van der Waals surface area (Å²) in [7, 11) is -21.7. The van der Waals surface area contributed by atoms with Gasteiger partial charge in [-0.1, -0.05) is 78.4 Å². The van der Waals surface area contributed by atoms with E-state index < -0.39 is 101 Å². The van der Waals surface area contributed by atoms with Gasteiger partial charge in [-0.25, -0.2) is 13.7 Å².